The van der Waals surface area contributed by atoms with Crippen molar-refractivity contribution < 1.29 is 9.53 Å². The molecule has 0 amide bonds. The Balaban J connectivity index is 2.08. The van der Waals surface area contributed by atoms with E-state index < -0.39 is 0 Å². The van der Waals surface area contributed by atoms with Crippen LogP contribution in [0, 0.1) is 6.92 Å². The predicted molar refractivity (Wildman–Crippen MR) is 119 cm³/mol. The highest BCUT2D eigenvalue weighted by molar-refractivity contribution is 6.28. The van der Waals surface area contributed by atoms with Gasteiger partial charge in [-0.15, -0.1) is 0 Å². The van der Waals surface area contributed by atoms with E-state index in [1.54, 1.807) is 0 Å². The second kappa shape index (κ2) is 6.78. The minimum absolute atomic E-state index is 0.285. The number of fused-ring (bicyclic) bond motifs is 5. The van der Waals surface area contributed by atoms with E-state index in [-0.39, 0.29) is 5.97 Å². The molecule has 5 rings (SSSR count). The van der Waals surface area contributed by atoms with E-state index in [1.165, 1.54) is 0 Å². The average molecular weight is 379 g/mol. The van der Waals surface area contributed by atoms with Gasteiger partial charge in [0.1, 0.15) is 0 Å². The van der Waals surface area contributed by atoms with Crippen molar-refractivity contribution in [3.8, 4) is 11.1 Å². The lowest BCUT2D eigenvalue weighted by Gasteiger charge is -2.16. The minimum Gasteiger partial charge on any atom is -0.462 e. The maximum atomic E-state index is 13.2. The van der Waals surface area contributed by atoms with Crippen molar-refractivity contribution in [2.45, 2.75) is 13.8 Å². The Kier molecular flexibility index (Phi) is 4.09. The summed E-state index contributed by atoms with van der Waals surface area (Å²) in [5.41, 5.74) is 5.82. The highest BCUT2D eigenvalue weighted by Crippen LogP contribution is 2.43. The van der Waals surface area contributed by atoms with Crippen LogP contribution in [0.5, 0.6) is 0 Å². The Hall–Kier alpha value is -3.59. The molecule has 0 bridgehead atoms. The molecule has 1 aromatic heterocycles. The number of esters is 1. The molecule has 142 valence electrons. The fourth-order valence-electron chi connectivity index (χ4n) is 4.26. The predicted octanol–water partition coefficient (Wildman–Crippen LogP) is 6.63. The van der Waals surface area contributed by atoms with Crippen LogP contribution in [-0.2, 0) is 4.74 Å². The second-order valence-corrected chi connectivity index (χ2v) is 7.31. The Morgan fingerprint density at radius 3 is 2.45 bits per heavy atom. The molecule has 0 fully saturated rings. The molecular formula is C26H21NO2. The zero-order valence-electron chi connectivity index (χ0n) is 16.5. The smallest absolute Gasteiger partial charge is 0.339 e. The summed E-state index contributed by atoms with van der Waals surface area (Å²) < 4.78 is 5.52. The van der Waals surface area contributed by atoms with Crippen LogP contribution in [0.4, 0.5) is 0 Å². The summed E-state index contributed by atoms with van der Waals surface area (Å²) in [5.74, 6) is -0.285. The molecule has 0 spiro atoms. The number of hydrogen-bond donors (Lipinski definition) is 1. The van der Waals surface area contributed by atoms with Gasteiger partial charge in [-0.1, -0.05) is 66.2 Å². The zero-order valence-corrected chi connectivity index (χ0v) is 16.5. The van der Waals surface area contributed by atoms with Crippen LogP contribution < -0.4 is 0 Å². The van der Waals surface area contributed by atoms with Crippen molar-refractivity contribution >= 4 is 38.5 Å². The number of carbonyl (C=O) groups is 1. The number of H-pyrrole nitrogens is 1. The third-order valence-corrected chi connectivity index (χ3v) is 5.46. The number of aromatic nitrogens is 1. The maximum Gasteiger partial charge on any atom is 0.339 e. The second-order valence-electron chi connectivity index (χ2n) is 7.31. The van der Waals surface area contributed by atoms with Crippen molar-refractivity contribution in [2.75, 3.05) is 6.61 Å². The molecular weight excluding hydrogens is 358 g/mol. The van der Waals surface area contributed by atoms with Crippen molar-refractivity contribution in [3.63, 3.8) is 0 Å². The third kappa shape index (κ3) is 2.70. The lowest BCUT2D eigenvalue weighted by Crippen LogP contribution is -2.08. The number of aryl methyl sites for hydroxylation is 1. The number of rotatable bonds is 3. The molecule has 1 N–H and O–H groups in total. The zero-order chi connectivity index (χ0) is 20.0. The normalized spacial score (nSPS) is 11.4. The van der Waals surface area contributed by atoms with Crippen LogP contribution in [0.15, 0.2) is 72.8 Å². The van der Waals surface area contributed by atoms with Crippen LogP contribution in [0.2, 0.25) is 0 Å². The Morgan fingerprint density at radius 2 is 1.66 bits per heavy atom. The van der Waals surface area contributed by atoms with Crippen LogP contribution in [-0.4, -0.2) is 17.6 Å². The molecule has 1 heterocycles. The summed E-state index contributed by atoms with van der Waals surface area (Å²) in [6.07, 6.45) is 0. The molecule has 4 aromatic carbocycles. The lowest BCUT2D eigenvalue weighted by atomic mass is 9.89. The molecule has 0 saturated carbocycles. The first-order valence-corrected chi connectivity index (χ1v) is 9.88. The van der Waals surface area contributed by atoms with Gasteiger partial charge in [0.05, 0.1) is 17.7 Å². The minimum atomic E-state index is -0.285. The first-order chi connectivity index (χ1) is 14.2. The summed E-state index contributed by atoms with van der Waals surface area (Å²) >= 11 is 0. The number of ether oxygens (including phenoxy) is 1. The van der Waals surface area contributed by atoms with Crippen LogP contribution >= 0.6 is 0 Å². The summed E-state index contributed by atoms with van der Waals surface area (Å²) in [6.45, 7) is 4.26. The van der Waals surface area contributed by atoms with Crippen LogP contribution in [0.3, 0.4) is 0 Å². The van der Waals surface area contributed by atoms with Gasteiger partial charge in [-0.25, -0.2) is 4.79 Å². The monoisotopic (exact) mass is 379 g/mol. The Labute approximate surface area is 168 Å². The SMILES string of the molecule is CCOC(=O)c1c(-c2ccccc2)c2c3ccccc3[nH]c2c2cc(C)ccc12. The molecule has 0 aliphatic rings. The molecule has 0 atom stereocenters. The molecule has 3 heteroatoms. The van der Waals surface area contributed by atoms with E-state index in [4.69, 9.17) is 4.74 Å². The topological polar surface area (TPSA) is 42.1 Å². The average Bonchev–Trinajstić information content (AvgIpc) is 3.13. The Bertz CT molecular complexity index is 1380. The molecule has 3 nitrogen and oxygen atoms in total. The fourth-order valence-corrected chi connectivity index (χ4v) is 4.26. The van der Waals surface area contributed by atoms with Gasteiger partial charge >= 0.3 is 5.97 Å². The number of benzene rings is 4. The van der Waals surface area contributed by atoms with Gasteiger partial charge in [0.25, 0.3) is 0 Å². The number of nitrogens with one attached hydrogen (secondary N) is 1. The van der Waals surface area contributed by atoms with E-state index in [9.17, 15) is 4.79 Å². The van der Waals surface area contributed by atoms with Gasteiger partial charge in [-0.2, -0.15) is 0 Å². The quantitative estimate of drug-likeness (QED) is 0.358. The molecule has 0 unspecified atom stereocenters. The number of hydrogen-bond acceptors (Lipinski definition) is 2. The van der Waals surface area contributed by atoms with Gasteiger partial charge in [0.15, 0.2) is 0 Å². The first kappa shape index (κ1) is 17.5. The molecule has 29 heavy (non-hydrogen) atoms. The highest BCUT2D eigenvalue weighted by Gasteiger charge is 2.24. The highest BCUT2D eigenvalue weighted by atomic mass is 16.5. The summed E-state index contributed by atoms with van der Waals surface area (Å²) in [6, 6.07) is 24.6. The summed E-state index contributed by atoms with van der Waals surface area (Å²) in [7, 11) is 0. The van der Waals surface area contributed by atoms with E-state index >= 15 is 0 Å². The van der Waals surface area contributed by atoms with Gasteiger partial charge < -0.3 is 9.72 Å². The molecule has 5 aromatic rings. The molecule has 0 aliphatic heterocycles. The van der Waals surface area contributed by atoms with E-state index in [1.807, 2.05) is 49.4 Å². The summed E-state index contributed by atoms with van der Waals surface area (Å²) in [4.78, 5) is 16.8. The van der Waals surface area contributed by atoms with Gasteiger partial charge in [0, 0.05) is 27.2 Å². The largest absolute Gasteiger partial charge is 0.462 e. The van der Waals surface area contributed by atoms with Gasteiger partial charge in [0.2, 0.25) is 0 Å². The van der Waals surface area contributed by atoms with E-state index in [0.29, 0.717) is 12.2 Å². The van der Waals surface area contributed by atoms with E-state index in [2.05, 4.69) is 42.2 Å². The molecule has 0 aliphatic carbocycles. The maximum absolute atomic E-state index is 13.2. The fraction of sp³-hybridized carbons (Fsp3) is 0.115. The van der Waals surface area contributed by atoms with Crippen molar-refractivity contribution in [1.82, 2.24) is 4.98 Å². The van der Waals surface area contributed by atoms with Crippen LogP contribution in [0.1, 0.15) is 22.8 Å². The molecule has 0 saturated heterocycles. The van der Waals surface area contributed by atoms with Gasteiger partial charge in [-0.3, -0.25) is 0 Å². The standard InChI is InChI=1S/C26H21NO2/c1-3-29-26(28)24-18-14-13-16(2)15-20(18)25-23(19-11-7-8-12-21(19)27-25)22(24)17-9-5-4-6-10-17/h4-15,27H,3H2,1-2H3. The van der Waals surface area contributed by atoms with E-state index in [0.717, 1.165) is 49.3 Å². The lowest BCUT2D eigenvalue weighted by molar-refractivity contribution is 0.0529. The third-order valence-electron chi connectivity index (χ3n) is 5.46. The van der Waals surface area contributed by atoms with Crippen molar-refractivity contribution in [3.05, 3.63) is 83.9 Å². The van der Waals surface area contributed by atoms with Crippen molar-refractivity contribution in [1.29, 1.82) is 0 Å². The molecule has 0 radical (unpaired) electrons. The number of aromatic amines is 1. The van der Waals surface area contributed by atoms with Crippen LogP contribution in [0.25, 0.3) is 43.7 Å². The van der Waals surface area contributed by atoms with Gasteiger partial charge in [-0.05, 0) is 36.9 Å². The van der Waals surface area contributed by atoms with Crippen molar-refractivity contribution in [2.24, 2.45) is 0 Å². The Morgan fingerprint density at radius 1 is 0.897 bits per heavy atom. The summed E-state index contributed by atoms with van der Waals surface area (Å²) in [5, 5.41) is 4.12. The first-order valence-electron chi connectivity index (χ1n) is 9.88. The number of carbonyl (C=O) groups excluding carboxylic acids is 1. The number of para-hydroxylation sites is 1.